The molecule has 0 rings (SSSR count). The average Bonchev–Trinajstić information content (AvgIpc) is 1.69. The van der Waals surface area contributed by atoms with Crippen molar-refractivity contribution in [1.82, 2.24) is 0 Å². The Balaban J connectivity index is 0. The van der Waals surface area contributed by atoms with Crippen LogP contribution in [0.4, 0.5) is 0 Å². The van der Waals surface area contributed by atoms with Crippen LogP contribution in [0.3, 0.4) is 0 Å². The minimum atomic E-state index is 0. The summed E-state index contributed by atoms with van der Waals surface area (Å²) >= 11 is 0. The maximum Gasteiger partial charge on any atom is 1.00 e. The van der Waals surface area contributed by atoms with Gasteiger partial charge in [-0.25, -0.2) is 0 Å². The van der Waals surface area contributed by atoms with Gasteiger partial charge in [-0.2, -0.15) is 0 Å². The third-order valence-corrected chi connectivity index (χ3v) is 0.379. The molecular weight excluding hydrogens is 131 g/mol. The van der Waals surface area contributed by atoms with Crippen molar-refractivity contribution in [2.75, 3.05) is 0 Å². The van der Waals surface area contributed by atoms with Crippen molar-refractivity contribution in [2.24, 2.45) is 0 Å². The summed E-state index contributed by atoms with van der Waals surface area (Å²) in [7, 11) is 0. The Morgan fingerprint density at radius 1 is 1.12 bits per heavy atom. The Labute approximate surface area is 90.7 Å². The van der Waals surface area contributed by atoms with Crippen molar-refractivity contribution in [3.05, 3.63) is 24.5 Å². The summed E-state index contributed by atoms with van der Waals surface area (Å²) in [5, 5.41) is 9.46. The molecule has 8 heavy (non-hydrogen) atoms. The normalized spacial score (nSPS) is 9.50. The molecule has 0 radical (unpaired) electrons. The molecule has 0 saturated heterocycles. The summed E-state index contributed by atoms with van der Waals surface area (Å²) < 4.78 is 0. The van der Waals surface area contributed by atoms with Crippen LogP contribution in [0.2, 0.25) is 0 Å². The van der Waals surface area contributed by atoms with Crippen molar-refractivity contribution in [2.45, 2.75) is 0 Å². The Kier molecular flexibility index (Phi) is 15.0. The van der Waals surface area contributed by atoms with E-state index in [9.17, 15) is 9.90 Å². The van der Waals surface area contributed by atoms with Crippen molar-refractivity contribution < 1.29 is 61.3 Å². The maximum absolute atomic E-state index is 9.46. The van der Waals surface area contributed by atoms with Crippen LogP contribution in [0.5, 0.6) is 0 Å². The quantitative estimate of drug-likeness (QED) is 0.131. The van der Waals surface area contributed by atoms with Gasteiger partial charge in [0.05, 0.1) is 0 Å². The number of carbonyl (C=O) groups is 1. The molecule has 0 saturated carbocycles. The Hall–Kier alpha value is 0.586. The van der Waals surface area contributed by atoms with Gasteiger partial charge in [0, 0.05) is 0 Å². The predicted molar refractivity (Wildman–Crippen MR) is 24.3 cm³/mol. The van der Waals surface area contributed by atoms with Gasteiger partial charge in [-0.1, -0.05) is 12.2 Å². The first kappa shape index (κ1) is 11.4. The van der Waals surface area contributed by atoms with E-state index in [1.54, 1.807) is 0 Å². The summed E-state index contributed by atoms with van der Waals surface area (Å²) in [5.41, 5.74) is 0. The minimum absolute atomic E-state index is 0. The maximum atomic E-state index is 9.46. The van der Waals surface area contributed by atoms with Crippen molar-refractivity contribution >= 4 is 6.29 Å². The van der Waals surface area contributed by atoms with E-state index < -0.39 is 0 Å². The molecule has 0 amide bonds. The van der Waals surface area contributed by atoms with Crippen molar-refractivity contribution in [1.29, 1.82) is 0 Å². The zero-order valence-electron chi connectivity index (χ0n) is 4.70. The molecule has 38 valence electrons. The topological polar surface area (TPSA) is 40.1 Å². The third-order valence-electron chi connectivity index (χ3n) is 0.379. The molecule has 0 aliphatic heterocycles. The fraction of sp³-hybridized carbons (Fsp3) is 0. The average molecular weight is 136 g/mol. The van der Waals surface area contributed by atoms with E-state index in [0.717, 1.165) is 0 Å². The van der Waals surface area contributed by atoms with Crippen LogP contribution >= 0.6 is 0 Å². The summed E-state index contributed by atoms with van der Waals surface area (Å²) in [4.78, 5) is 9.46. The second kappa shape index (κ2) is 10.5. The summed E-state index contributed by atoms with van der Waals surface area (Å²) in [6.45, 7) is 0. The molecule has 0 unspecified atom stereocenters. The molecular formula is C5H5KO2. The Morgan fingerprint density at radius 2 is 1.75 bits per heavy atom. The second-order valence-electron chi connectivity index (χ2n) is 0.850. The van der Waals surface area contributed by atoms with Gasteiger partial charge < -0.3 is 5.11 Å². The molecule has 0 aliphatic rings. The first-order valence-electron chi connectivity index (χ1n) is 1.80. The molecule has 0 atom stereocenters. The first-order valence-corrected chi connectivity index (χ1v) is 1.80. The van der Waals surface area contributed by atoms with Gasteiger partial charge in [-0.3, -0.25) is 4.79 Å². The van der Waals surface area contributed by atoms with Gasteiger partial charge in [0.25, 0.3) is 0 Å². The number of rotatable bonds is 2. The number of carbonyl (C=O) groups excluding carboxylic acids is 1. The van der Waals surface area contributed by atoms with Crippen molar-refractivity contribution in [3.8, 4) is 0 Å². The van der Waals surface area contributed by atoms with Crippen LogP contribution in [0.25, 0.3) is 0 Å². The second-order valence-corrected chi connectivity index (χ2v) is 0.850. The monoisotopic (exact) mass is 136 g/mol. The Morgan fingerprint density at radius 3 is 2.12 bits per heavy atom. The SMILES string of the molecule is O=C/C=C/C=C/[O-].[K+]. The van der Waals surface area contributed by atoms with Crippen LogP contribution in [0.1, 0.15) is 0 Å². The van der Waals surface area contributed by atoms with E-state index in [4.69, 9.17) is 0 Å². The van der Waals surface area contributed by atoms with E-state index in [2.05, 4.69) is 0 Å². The number of aldehydes is 1. The molecule has 0 spiro atoms. The standard InChI is InChI=1S/C5H6O2.K/c6-4-2-1-3-5-7;/h1-6H;/q;+1/p-1/b3-1+,4-2+;. The molecule has 0 aromatic carbocycles. The predicted octanol–water partition coefficient (Wildman–Crippen LogP) is -3.38. The van der Waals surface area contributed by atoms with Crippen LogP contribution in [-0.4, -0.2) is 6.29 Å². The van der Waals surface area contributed by atoms with Gasteiger partial charge in [0.2, 0.25) is 0 Å². The molecule has 0 aromatic rings. The fourth-order valence-electron chi connectivity index (χ4n) is 0.155. The summed E-state index contributed by atoms with van der Waals surface area (Å²) in [5.74, 6) is 0. The fourth-order valence-corrected chi connectivity index (χ4v) is 0.155. The number of hydrogen-bond acceptors (Lipinski definition) is 2. The summed E-state index contributed by atoms with van der Waals surface area (Å²) in [6.07, 6.45) is 5.09. The first-order chi connectivity index (χ1) is 3.41. The molecule has 2 nitrogen and oxygen atoms in total. The molecule has 0 N–H and O–H groups in total. The van der Waals surface area contributed by atoms with Gasteiger partial charge in [-0.15, -0.1) is 6.26 Å². The van der Waals surface area contributed by atoms with Gasteiger partial charge in [0.15, 0.2) is 0 Å². The van der Waals surface area contributed by atoms with Crippen LogP contribution in [-0.2, 0) is 4.79 Å². The molecule has 0 bridgehead atoms. The zero-order valence-corrected chi connectivity index (χ0v) is 7.83. The molecule has 0 aromatic heterocycles. The molecule has 0 heterocycles. The third kappa shape index (κ3) is 9.77. The van der Waals surface area contributed by atoms with E-state index in [-0.39, 0.29) is 51.4 Å². The van der Waals surface area contributed by atoms with Crippen molar-refractivity contribution in [3.63, 3.8) is 0 Å². The number of hydrogen-bond donors (Lipinski definition) is 0. The smallest absolute Gasteiger partial charge is 0.878 e. The van der Waals surface area contributed by atoms with Crippen LogP contribution < -0.4 is 56.5 Å². The Bertz CT molecular complexity index is 96.6. The van der Waals surface area contributed by atoms with Crippen LogP contribution in [0, 0.1) is 0 Å². The molecule has 0 fully saturated rings. The zero-order chi connectivity index (χ0) is 5.54. The van der Waals surface area contributed by atoms with Crippen LogP contribution in [0.15, 0.2) is 24.5 Å². The number of allylic oxidation sites excluding steroid dienone is 3. The largest absolute Gasteiger partial charge is 1.00 e. The van der Waals surface area contributed by atoms with E-state index in [1.807, 2.05) is 0 Å². The van der Waals surface area contributed by atoms with E-state index in [0.29, 0.717) is 12.5 Å². The van der Waals surface area contributed by atoms with Gasteiger partial charge in [-0.05, 0) is 6.08 Å². The summed E-state index contributed by atoms with van der Waals surface area (Å²) in [6, 6.07) is 0. The molecule has 3 heteroatoms. The van der Waals surface area contributed by atoms with Gasteiger partial charge in [0.1, 0.15) is 6.29 Å². The van der Waals surface area contributed by atoms with Gasteiger partial charge >= 0.3 is 51.4 Å². The minimum Gasteiger partial charge on any atom is -0.878 e. The van der Waals surface area contributed by atoms with E-state index in [1.165, 1.54) is 18.2 Å². The van der Waals surface area contributed by atoms with E-state index >= 15 is 0 Å². The molecule has 0 aliphatic carbocycles.